The van der Waals surface area contributed by atoms with Crippen LogP contribution >= 0.6 is 0 Å². The van der Waals surface area contributed by atoms with Gasteiger partial charge in [-0.2, -0.15) is 0 Å². The van der Waals surface area contributed by atoms with Crippen molar-refractivity contribution in [3.8, 4) is 5.75 Å². The van der Waals surface area contributed by atoms with E-state index in [4.69, 9.17) is 9.15 Å². The van der Waals surface area contributed by atoms with Crippen molar-refractivity contribution in [1.82, 2.24) is 5.32 Å². The van der Waals surface area contributed by atoms with Gasteiger partial charge in [0, 0.05) is 12.6 Å². The molecule has 3 nitrogen and oxygen atoms in total. The van der Waals surface area contributed by atoms with Gasteiger partial charge in [-0.05, 0) is 31.2 Å². The van der Waals surface area contributed by atoms with E-state index >= 15 is 0 Å². The molecule has 0 spiro atoms. The Morgan fingerprint density at radius 1 is 1.32 bits per heavy atom. The van der Waals surface area contributed by atoms with Crippen LogP contribution in [0.5, 0.6) is 5.75 Å². The number of benzene rings is 1. The smallest absolute Gasteiger partial charge is 0.165 e. The third-order valence-electron chi connectivity index (χ3n) is 2.67. The minimum atomic E-state index is -0.569. The largest absolute Gasteiger partial charge is 0.489 e. The highest BCUT2D eigenvalue weighted by Crippen LogP contribution is 2.17. The first-order valence-corrected chi connectivity index (χ1v) is 6.01. The second-order valence-electron chi connectivity index (χ2n) is 4.11. The van der Waals surface area contributed by atoms with Crippen LogP contribution in [0.25, 0.3) is 0 Å². The molecule has 0 saturated heterocycles. The van der Waals surface area contributed by atoms with E-state index in [2.05, 4.69) is 5.32 Å². The molecule has 0 amide bonds. The number of nitrogens with one attached hydrogen (secondary N) is 1. The highest BCUT2D eigenvalue weighted by atomic mass is 19.1. The van der Waals surface area contributed by atoms with E-state index in [0.29, 0.717) is 6.54 Å². The Morgan fingerprint density at radius 2 is 2.16 bits per heavy atom. The summed E-state index contributed by atoms with van der Waals surface area (Å²) in [6.45, 7) is 2.69. The average molecular weight is 267 g/mol. The molecule has 0 aliphatic heterocycles. The molecule has 0 aliphatic rings. The van der Waals surface area contributed by atoms with Crippen molar-refractivity contribution >= 4 is 0 Å². The Kier molecular flexibility index (Phi) is 4.52. The molecular weight excluding hydrogens is 252 g/mol. The van der Waals surface area contributed by atoms with Crippen molar-refractivity contribution in [1.29, 1.82) is 0 Å². The first-order chi connectivity index (χ1) is 9.16. The first kappa shape index (κ1) is 13.5. The lowest BCUT2D eigenvalue weighted by molar-refractivity contribution is 0.287. The van der Waals surface area contributed by atoms with E-state index in [1.54, 1.807) is 6.26 Å². The molecule has 102 valence electrons. The Morgan fingerprint density at radius 3 is 2.89 bits per heavy atom. The molecule has 1 heterocycles. The molecule has 2 aromatic rings. The van der Waals surface area contributed by atoms with E-state index in [1.807, 2.05) is 19.1 Å². The Bertz CT molecular complexity index is 514. The summed E-state index contributed by atoms with van der Waals surface area (Å²) < 4.78 is 36.6. The minimum Gasteiger partial charge on any atom is -0.489 e. The SMILES string of the molecule is CC(NCCOc1cc(F)ccc1F)c1ccco1. The quantitative estimate of drug-likeness (QED) is 0.815. The zero-order valence-electron chi connectivity index (χ0n) is 10.5. The maximum absolute atomic E-state index is 13.3. The van der Waals surface area contributed by atoms with Crippen molar-refractivity contribution < 1.29 is 17.9 Å². The number of hydrogen-bond donors (Lipinski definition) is 1. The van der Waals surface area contributed by atoms with Crippen LogP contribution in [0.1, 0.15) is 18.7 Å². The van der Waals surface area contributed by atoms with E-state index in [9.17, 15) is 8.78 Å². The van der Waals surface area contributed by atoms with Gasteiger partial charge in [-0.15, -0.1) is 0 Å². The van der Waals surface area contributed by atoms with Gasteiger partial charge in [0.2, 0.25) is 0 Å². The molecule has 0 aliphatic carbocycles. The molecule has 1 unspecified atom stereocenters. The average Bonchev–Trinajstić information content (AvgIpc) is 2.92. The topological polar surface area (TPSA) is 34.4 Å². The van der Waals surface area contributed by atoms with Gasteiger partial charge in [-0.3, -0.25) is 0 Å². The lowest BCUT2D eigenvalue weighted by atomic mass is 10.2. The molecule has 2 rings (SSSR count). The molecule has 1 aromatic carbocycles. The second kappa shape index (κ2) is 6.33. The fraction of sp³-hybridized carbons (Fsp3) is 0.286. The fourth-order valence-electron chi connectivity index (χ4n) is 1.66. The number of ether oxygens (including phenoxy) is 1. The van der Waals surface area contributed by atoms with Crippen LogP contribution in [0.15, 0.2) is 41.0 Å². The molecule has 1 atom stereocenters. The van der Waals surface area contributed by atoms with Gasteiger partial charge in [0.05, 0.1) is 12.3 Å². The van der Waals surface area contributed by atoms with Gasteiger partial charge in [0.25, 0.3) is 0 Å². The Balaban J connectivity index is 1.76. The predicted molar refractivity (Wildman–Crippen MR) is 67.0 cm³/mol. The number of furan rings is 1. The zero-order valence-corrected chi connectivity index (χ0v) is 10.5. The van der Waals surface area contributed by atoms with Crippen molar-refractivity contribution in [2.75, 3.05) is 13.2 Å². The molecule has 1 N–H and O–H groups in total. The van der Waals surface area contributed by atoms with Gasteiger partial charge in [0.15, 0.2) is 11.6 Å². The molecule has 19 heavy (non-hydrogen) atoms. The maximum Gasteiger partial charge on any atom is 0.165 e. The summed E-state index contributed by atoms with van der Waals surface area (Å²) in [4.78, 5) is 0. The molecule has 5 heteroatoms. The van der Waals surface area contributed by atoms with Crippen LogP contribution in [0, 0.1) is 11.6 Å². The van der Waals surface area contributed by atoms with Crippen LogP contribution in [-0.2, 0) is 0 Å². The van der Waals surface area contributed by atoms with E-state index in [0.717, 1.165) is 24.0 Å². The van der Waals surface area contributed by atoms with Crippen LogP contribution in [0.2, 0.25) is 0 Å². The summed E-state index contributed by atoms with van der Waals surface area (Å²) in [5, 5.41) is 3.15. The normalized spacial score (nSPS) is 12.4. The van der Waals surface area contributed by atoms with Crippen LogP contribution < -0.4 is 10.1 Å². The van der Waals surface area contributed by atoms with Crippen molar-refractivity contribution in [2.24, 2.45) is 0 Å². The summed E-state index contributed by atoms with van der Waals surface area (Å²) in [5.74, 6) is -0.349. The van der Waals surface area contributed by atoms with Crippen molar-refractivity contribution in [3.63, 3.8) is 0 Å². The predicted octanol–water partition coefficient (Wildman–Crippen LogP) is 3.29. The number of halogens is 2. The monoisotopic (exact) mass is 267 g/mol. The van der Waals surface area contributed by atoms with E-state index in [-0.39, 0.29) is 18.4 Å². The molecule has 0 fully saturated rings. The van der Waals surface area contributed by atoms with Gasteiger partial charge >= 0.3 is 0 Å². The highest BCUT2D eigenvalue weighted by Gasteiger charge is 2.08. The van der Waals surface area contributed by atoms with Crippen LogP contribution in [-0.4, -0.2) is 13.2 Å². The minimum absolute atomic E-state index is 0.0379. The standard InChI is InChI=1S/C14H15F2NO2/c1-10(13-3-2-7-18-13)17-6-8-19-14-9-11(15)4-5-12(14)16/h2-5,7,9-10,17H,6,8H2,1H3. The zero-order chi connectivity index (χ0) is 13.7. The molecular formula is C14H15F2NO2. The Labute approximate surface area is 110 Å². The van der Waals surface area contributed by atoms with E-state index in [1.165, 1.54) is 0 Å². The number of rotatable bonds is 6. The molecule has 0 radical (unpaired) electrons. The summed E-state index contributed by atoms with van der Waals surface area (Å²) in [6.07, 6.45) is 1.60. The molecule has 1 aromatic heterocycles. The van der Waals surface area contributed by atoms with Crippen LogP contribution in [0.3, 0.4) is 0 Å². The summed E-state index contributed by atoms with van der Waals surface area (Å²) in [5.41, 5.74) is 0. The van der Waals surface area contributed by atoms with Crippen LogP contribution in [0.4, 0.5) is 8.78 Å². The highest BCUT2D eigenvalue weighted by molar-refractivity contribution is 5.24. The third kappa shape index (κ3) is 3.79. The lowest BCUT2D eigenvalue weighted by Gasteiger charge is -2.12. The van der Waals surface area contributed by atoms with Crippen molar-refractivity contribution in [3.05, 3.63) is 54.0 Å². The van der Waals surface area contributed by atoms with Gasteiger partial charge in [-0.1, -0.05) is 0 Å². The van der Waals surface area contributed by atoms with E-state index < -0.39 is 11.6 Å². The summed E-state index contributed by atoms with van der Waals surface area (Å²) >= 11 is 0. The Hall–Kier alpha value is -1.88. The van der Waals surface area contributed by atoms with Gasteiger partial charge < -0.3 is 14.5 Å². The second-order valence-corrected chi connectivity index (χ2v) is 4.11. The number of hydrogen-bond acceptors (Lipinski definition) is 3. The lowest BCUT2D eigenvalue weighted by Crippen LogP contribution is -2.24. The van der Waals surface area contributed by atoms with Gasteiger partial charge in [0.1, 0.15) is 18.2 Å². The van der Waals surface area contributed by atoms with Crippen molar-refractivity contribution in [2.45, 2.75) is 13.0 Å². The van der Waals surface area contributed by atoms with Gasteiger partial charge in [-0.25, -0.2) is 8.78 Å². The molecule has 0 bridgehead atoms. The third-order valence-corrected chi connectivity index (χ3v) is 2.67. The summed E-state index contributed by atoms with van der Waals surface area (Å²) in [7, 11) is 0. The first-order valence-electron chi connectivity index (χ1n) is 6.01. The molecule has 0 saturated carbocycles. The fourth-order valence-corrected chi connectivity index (χ4v) is 1.66. The maximum atomic E-state index is 13.3. The summed E-state index contributed by atoms with van der Waals surface area (Å²) in [6, 6.07) is 6.85.